The summed E-state index contributed by atoms with van der Waals surface area (Å²) >= 11 is 0. The Labute approximate surface area is 188 Å². The van der Waals surface area contributed by atoms with Gasteiger partial charge in [0.25, 0.3) is 5.91 Å². The molecule has 0 fully saturated rings. The second kappa shape index (κ2) is 9.92. The van der Waals surface area contributed by atoms with Crippen molar-refractivity contribution in [3.8, 4) is 5.75 Å². The van der Waals surface area contributed by atoms with Crippen molar-refractivity contribution in [3.05, 3.63) is 114 Å². The van der Waals surface area contributed by atoms with E-state index in [1.54, 1.807) is 25.7 Å². The van der Waals surface area contributed by atoms with Gasteiger partial charge in [0.2, 0.25) is 0 Å². The number of imidazole rings is 1. The summed E-state index contributed by atoms with van der Waals surface area (Å²) < 4.78 is 7.31. The average molecular weight is 427 g/mol. The van der Waals surface area contributed by atoms with Crippen LogP contribution in [0.2, 0.25) is 0 Å². The molecule has 0 unspecified atom stereocenters. The number of hydrogen-bond acceptors (Lipinski definition) is 4. The lowest BCUT2D eigenvalue weighted by molar-refractivity contribution is 0.0723. The minimum absolute atomic E-state index is 0.0344. The number of pyridine rings is 1. The molecule has 4 aromatic rings. The lowest BCUT2D eigenvalue weighted by Gasteiger charge is -2.23. The van der Waals surface area contributed by atoms with E-state index in [9.17, 15) is 4.79 Å². The van der Waals surface area contributed by atoms with Crippen molar-refractivity contribution in [1.82, 2.24) is 19.4 Å². The molecular weight excluding hydrogens is 400 g/mol. The highest BCUT2D eigenvalue weighted by molar-refractivity contribution is 5.94. The summed E-state index contributed by atoms with van der Waals surface area (Å²) in [5.41, 5.74) is 3.89. The van der Waals surface area contributed by atoms with Crippen LogP contribution in [0.25, 0.3) is 0 Å². The predicted octanol–water partition coefficient (Wildman–Crippen LogP) is 4.49. The summed E-state index contributed by atoms with van der Waals surface area (Å²) in [6, 6.07) is 19.5. The van der Waals surface area contributed by atoms with Gasteiger partial charge in [-0.05, 0) is 48.4 Å². The molecule has 2 heterocycles. The fraction of sp³-hybridized carbons (Fsp3) is 0.192. The molecule has 4 rings (SSSR count). The lowest BCUT2D eigenvalue weighted by atomic mass is 10.1. The van der Waals surface area contributed by atoms with Crippen molar-refractivity contribution in [2.75, 3.05) is 7.11 Å². The largest absolute Gasteiger partial charge is 0.497 e. The van der Waals surface area contributed by atoms with Gasteiger partial charge in [-0.15, -0.1) is 0 Å². The van der Waals surface area contributed by atoms with E-state index in [4.69, 9.17) is 4.74 Å². The van der Waals surface area contributed by atoms with Crippen molar-refractivity contribution < 1.29 is 9.53 Å². The number of nitrogens with zero attached hydrogens (tertiary/aromatic N) is 4. The second-order valence-corrected chi connectivity index (χ2v) is 7.71. The van der Waals surface area contributed by atoms with Gasteiger partial charge in [0.05, 0.1) is 13.7 Å². The van der Waals surface area contributed by atoms with Crippen molar-refractivity contribution in [2.24, 2.45) is 0 Å². The Kier molecular flexibility index (Phi) is 6.60. The summed E-state index contributed by atoms with van der Waals surface area (Å²) in [5.74, 6) is 1.61. The zero-order chi connectivity index (χ0) is 22.3. The Balaban J connectivity index is 1.57. The smallest absolute Gasteiger partial charge is 0.254 e. The van der Waals surface area contributed by atoms with Crippen molar-refractivity contribution in [1.29, 1.82) is 0 Å². The Bertz CT molecular complexity index is 1150. The Morgan fingerprint density at radius 3 is 2.44 bits per heavy atom. The van der Waals surface area contributed by atoms with E-state index in [1.165, 1.54) is 0 Å². The molecule has 0 bridgehead atoms. The molecule has 0 spiro atoms. The molecule has 0 saturated heterocycles. The average Bonchev–Trinajstić information content (AvgIpc) is 3.26. The number of aryl methyl sites for hydroxylation is 1. The highest BCUT2D eigenvalue weighted by atomic mass is 16.5. The molecule has 32 heavy (non-hydrogen) atoms. The molecule has 0 aliphatic carbocycles. The first-order valence-corrected chi connectivity index (χ1v) is 10.5. The van der Waals surface area contributed by atoms with Crippen LogP contribution in [-0.2, 0) is 19.6 Å². The third-order valence-electron chi connectivity index (χ3n) is 5.33. The summed E-state index contributed by atoms with van der Waals surface area (Å²) in [7, 11) is 1.66. The van der Waals surface area contributed by atoms with Gasteiger partial charge in [0, 0.05) is 43.4 Å². The highest BCUT2D eigenvalue weighted by Crippen LogP contribution is 2.16. The maximum absolute atomic E-state index is 13.4. The van der Waals surface area contributed by atoms with Crippen LogP contribution in [-0.4, -0.2) is 32.5 Å². The van der Waals surface area contributed by atoms with Crippen LogP contribution in [0.1, 0.15) is 32.9 Å². The number of methoxy groups -OCH3 is 1. The summed E-state index contributed by atoms with van der Waals surface area (Å²) in [4.78, 5) is 23.9. The topological polar surface area (TPSA) is 60.2 Å². The molecular formula is C26H26N4O2. The Hall–Kier alpha value is -3.93. The number of carbonyl (C=O) groups excluding carboxylic acids is 1. The number of ether oxygens (including phenoxy) is 1. The third kappa shape index (κ3) is 5.21. The molecule has 0 saturated carbocycles. The maximum atomic E-state index is 13.4. The number of benzene rings is 2. The number of aromatic nitrogens is 3. The fourth-order valence-electron chi connectivity index (χ4n) is 3.52. The minimum atomic E-state index is -0.0344. The highest BCUT2D eigenvalue weighted by Gasteiger charge is 2.19. The fourth-order valence-corrected chi connectivity index (χ4v) is 3.52. The van der Waals surface area contributed by atoms with Crippen molar-refractivity contribution >= 4 is 5.91 Å². The Morgan fingerprint density at radius 1 is 0.969 bits per heavy atom. The molecule has 2 aromatic heterocycles. The van der Waals surface area contributed by atoms with E-state index in [-0.39, 0.29) is 5.91 Å². The van der Waals surface area contributed by atoms with Crippen LogP contribution >= 0.6 is 0 Å². The molecule has 6 heteroatoms. The first-order valence-electron chi connectivity index (χ1n) is 10.5. The Morgan fingerprint density at radius 2 is 1.75 bits per heavy atom. The quantitative estimate of drug-likeness (QED) is 0.417. The first kappa shape index (κ1) is 21.3. The van der Waals surface area contributed by atoms with Gasteiger partial charge in [-0.2, -0.15) is 0 Å². The molecule has 0 aliphatic heterocycles. The van der Waals surface area contributed by atoms with Gasteiger partial charge in [-0.3, -0.25) is 9.78 Å². The number of hydrogen-bond donors (Lipinski definition) is 0. The van der Waals surface area contributed by atoms with Crippen LogP contribution in [0, 0.1) is 6.92 Å². The normalized spacial score (nSPS) is 10.7. The predicted molar refractivity (Wildman–Crippen MR) is 123 cm³/mol. The summed E-state index contributed by atoms with van der Waals surface area (Å²) in [5, 5.41) is 0. The van der Waals surface area contributed by atoms with E-state index < -0.39 is 0 Å². The third-order valence-corrected chi connectivity index (χ3v) is 5.33. The maximum Gasteiger partial charge on any atom is 0.254 e. The summed E-state index contributed by atoms with van der Waals surface area (Å²) in [6.07, 6.45) is 7.24. The van der Waals surface area contributed by atoms with Crippen LogP contribution in [0.15, 0.2) is 85.5 Å². The lowest BCUT2D eigenvalue weighted by Crippen LogP contribution is -2.31. The monoisotopic (exact) mass is 426 g/mol. The SMILES string of the molecule is COc1ccc(Cn2ccnc2CN(Cc2cccnc2)C(=O)c2ccc(C)cc2)cc1. The van der Waals surface area contributed by atoms with Gasteiger partial charge in [0.15, 0.2) is 0 Å². The van der Waals surface area contributed by atoms with E-state index >= 15 is 0 Å². The zero-order valence-corrected chi connectivity index (χ0v) is 18.3. The van der Waals surface area contributed by atoms with E-state index in [1.807, 2.05) is 78.7 Å². The van der Waals surface area contributed by atoms with Crippen molar-refractivity contribution in [2.45, 2.75) is 26.6 Å². The standard InChI is InChI=1S/C26H26N4O2/c1-20-5-9-23(10-6-20)26(31)30(18-22-4-3-13-27-16-22)19-25-28-14-15-29(25)17-21-7-11-24(32-2)12-8-21/h3-16H,17-19H2,1-2H3. The first-order chi connectivity index (χ1) is 15.6. The molecule has 162 valence electrons. The molecule has 0 radical (unpaired) electrons. The van der Waals surface area contributed by atoms with Crippen LogP contribution in [0.3, 0.4) is 0 Å². The van der Waals surface area contributed by atoms with Gasteiger partial charge < -0.3 is 14.2 Å². The van der Waals surface area contributed by atoms with Crippen LogP contribution in [0.5, 0.6) is 5.75 Å². The van der Waals surface area contributed by atoms with E-state index in [0.717, 1.165) is 28.3 Å². The number of carbonyl (C=O) groups is 1. The second-order valence-electron chi connectivity index (χ2n) is 7.71. The van der Waals surface area contributed by atoms with Crippen LogP contribution < -0.4 is 4.74 Å². The molecule has 0 atom stereocenters. The van der Waals surface area contributed by atoms with Gasteiger partial charge in [-0.1, -0.05) is 35.9 Å². The van der Waals surface area contributed by atoms with Gasteiger partial charge >= 0.3 is 0 Å². The molecule has 0 aliphatic rings. The minimum Gasteiger partial charge on any atom is -0.497 e. The summed E-state index contributed by atoms with van der Waals surface area (Å²) in [6.45, 7) is 3.52. The molecule has 6 nitrogen and oxygen atoms in total. The van der Waals surface area contributed by atoms with E-state index in [0.29, 0.717) is 25.2 Å². The van der Waals surface area contributed by atoms with E-state index in [2.05, 4.69) is 14.5 Å². The van der Waals surface area contributed by atoms with Crippen LogP contribution in [0.4, 0.5) is 0 Å². The van der Waals surface area contributed by atoms with Gasteiger partial charge in [-0.25, -0.2) is 4.98 Å². The van der Waals surface area contributed by atoms with Gasteiger partial charge in [0.1, 0.15) is 11.6 Å². The number of rotatable bonds is 8. The molecule has 0 N–H and O–H groups in total. The molecule has 1 amide bonds. The van der Waals surface area contributed by atoms with Crippen molar-refractivity contribution in [3.63, 3.8) is 0 Å². The molecule has 2 aromatic carbocycles. The zero-order valence-electron chi connectivity index (χ0n) is 18.3. The number of amides is 1.